The van der Waals surface area contributed by atoms with E-state index >= 15 is 0 Å². The minimum atomic E-state index is 0. The molecule has 2 nitrogen and oxygen atoms in total. The second-order valence-electron chi connectivity index (χ2n) is 6.46. The predicted molar refractivity (Wildman–Crippen MR) is 107 cm³/mol. The van der Waals surface area contributed by atoms with Gasteiger partial charge in [-0.05, 0) is 40.7 Å². The van der Waals surface area contributed by atoms with Crippen LogP contribution in [0.2, 0.25) is 0 Å². The maximum atomic E-state index is 3.46. The fourth-order valence-electron chi connectivity index (χ4n) is 4.07. The third kappa shape index (κ3) is 3.48. The Morgan fingerprint density at radius 3 is 2.42 bits per heavy atom. The van der Waals surface area contributed by atoms with Crippen LogP contribution >= 0.6 is 24.8 Å². The zero-order chi connectivity index (χ0) is 14.9. The van der Waals surface area contributed by atoms with Crippen LogP contribution in [0.15, 0.2) is 42.5 Å². The first-order chi connectivity index (χ1) is 10.9. The Bertz CT molecular complexity index is 681. The highest BCUT2D eigenvalue weighted by Gasteiger charge is 2.23. The number of hydrogen-bond donors (Lipinski definition) is 1. The van der Waals surface area contributed by atoms with Gasteiger partial charge in [-0.15, -0.1) is 24.8 Å². The summed E-state index contributed by atoms with van der Waals surface area (Å²) in [6.45, 7) is 6.88. The first kappa shape index (κ1) is 19.3. The number of nitrogens with one attached hydrogen (secondary N) is 1. The summed E-state index contributed by atoms with van der Waals surface area (Å²) in [5.41, 5.74) is 7.35. The van der Waals surface area contributed by atoms with E-state index in [9.17, 15) is 0 Å². The van der Waals surface area contributed by atoms with E-state index in [2.05, 4.69) is 59.6 Å². The van der Waals surface area contributed by atoms with Crippen molar-refractivity contribution in [3.63, 3.8) is 0 Å². The van der Waals surface area contributed by atoms with Gasteiger partial charge in [0.1, 0.15) is 0 Å². The summed E-state index contributed by atoms with van der Waals surface area (Å²) >= 11 is 0. The van der Waals surface area contributed by atoms with Gasteiger partial charge in [0.15, 0.2) is 0 Å². The Balaban J connectivity index is 0.00000104. The molecular weight excluding hydrogens is 339 g/mol. The lowest BCUT2D eigenvalue weighted by Crippen LogP contribution is -2.45. The lowest BCUT2D eigenvalue weighted by atomic mass is 9.97. The molecule has 2 aromatic carbocycles. The van der Waals surface area contributed by atoms with Gasteiger partial charge in [-0.1, -0.05) is 49.4 Å². The molecule has 0 aromatic heterocycles. The summed E-state index contributed by atoms with van der Waals surface area (Å²) in [6.07, 6.45) is 2.28. The third-order valence-electron chi connectivity index (χ3n) is 5.18. The summed E-state index contributed by atoms with van der Waals surface area (Å²) in [5.74, 6) is 0. The molecule has 1 N–H and O–H groups in total. The molecule has 1 aliphatic carbocycles. The average Bonchev–Trinajstić information content (AvgIpc) is 2.94. The molecule has 1 fully saturated rings. The van der Waals surface area contributed by atoms with E-state index in [-0.39, 0.29) is 24.8 Å². The standard InChI is InChI=1S/C20H24N2.2ClH/c1-2-20(22-11-9-21-10-12-22)16-7-8-19-17(14-16)13-15-5-3-4-6-18(15)19;;/h3-8,14,20-21H,2,9-13H2,1H3;2*1H/t20-;;/m0../s1. The highest BCUT2D eigenvalue weighted by molar-refractivity contribution is 5.85. The molecule has 1 atom stereocenters. The van der Waals surface area contributed by atoms with Gasteiger partial charge in [-0.3, -0.25) is 4.90 Å². The molecule has 2 aliphatic rings. The van der Waals surface area contributed by atoms with E-state index in [4.69, 9.17) is 0 Å². The number of fused-ring (bicyclic) bond motifs is 3. The van der Waals surface area contributed by atoms with Gasteiger partial charge in [0, 0.05) is 32.2 Å². The molecule has 0 bridgehead atoms. The van der Waals surface area contributed by atoms with Gasteiger partial charge in [0.05, 0.1) is 0 Å². The fraction of sp³-hybridized carbons (Fsp3) is 0.400. The SMILES string of the molecule is CC[C@@H](c1ccc2c(c1)Cc1ccccc1-2)N1CCNCC1.Cl.Cl. The molecule has 1 aliphatic heterocycles. The van der Waals surface area contributed by atoms with Crippen molar-refractivity contribution < 1.29 is 0 Å². The topological polar surface area (TPSA) is 15.3 Å². The first-order valence-electron chi connectivity index (χ1n) is 8.52. The first-order valence-corrected chi connectivity index (χ1v) is 8.52. The van der Waals surface area contributed by atoms with Gasteiger partial charge < -0.3 is 5.32 Å². The minimum Gasteiger partial charge on any atom is -0.314 e. The maximum absolute atomic E-state index is 3.46. The van der Waals surface area contributed by atoms with Gasteiger partial charge in [-0.2, -0.15) is 0 Å². The number of benzene rings is 2. The molecule has 0 amide bonds. The molecule has 24 heavy (non-hydrogen) atoms. The largest absolute Gasteiger partial charge is 0.314 e. The molecule has 4 rings (SSSR count). The van der Waals surface area contributed by atoms with Crippen LogP contribution in [0.4, 0.5) is 0 Å². The van der Waals surface area contributed by atoms with E-state index < -0.39 is 0 Å². The molecule has 0 saturated carbocycles. The smallest absolute Gasteiger partial charge is 0.0346 e. The Hall–Kier alpha value is -1.06. The molecule has 1 heterocycles. The maximum Gasteiger partial charge on any atom is 0.0346 e. The second-order valence-corrected chi connectivity index (χ2v) is 6.46. The van der Waals surface area contributed by atoms with Gasteiger partial charge in [0.2, 0.25) is 0 Å². The van der Waals surface area contributed by atoms with Crippen LogP contribution in [0.3, 0.4) is 0 Å². The lowest BCUT2D eigenvalue weighted by molar-refractivity contribution is 0.169. The van der Waals surface area contributed by atoms with E-state index in [0.29, 0.717) is 6.04 Å². The van der Waals surface area contributed by atoms with Gasteiger partial charge in [-0.25, -0.2) is 0 Å². The van der Waals surface area contributed by atoms with Crippen molar-refractivity contribution >= 4 is 24.8 Å². The van der Waals surface area contributed by atoms with Crippen molar-refractivity contribution in [3.8, 4) is 11.1 Å². The quantitative estimate of drug-likeness (QED) is 0.737. The van der Waals surface area contributed by atoms with E-state index in [1.165, 1.54) is 34.2 Å². The molecular formula is C20H26Cl2N2. The molecule has 0 radical (unpaired) electrons. The van der Waals surface area contributed by atoms with E-state index in [1.807, 2.05) is 0 Å². The van der Waals surface area contributed by atoms with Crippen molar-refractivity contribution in [2.24, 2.45) is 0 Å². The number of piperazine rings is 1. The summed E-state index contributed by atoms with van der Waals surface area (Å²) in [7, 11) is 0. The molecule has 4 heteroatoms. The zero-order valence-electron chi connectivity index (χ0n) is 14.1. The van der Waals surface area contributed by atoms with Gasteiger partial charge in [0.25, 0.3) is 0 Å². The molecule has 0 unspecified atom stereocenters. The van der Waals surface area contributed by atoms with E-state index in [0.717, 1.165) is 32.6 Å². The van der Waals surface area contributed by atoms with Crippen LogP contribution < -0.4 is 5.32 Å². The lowest BCUT2D eigenvalue weighted by Gasteiger charge is -2.35. The molecule has 2 aromatic rings. The minimum absolute atomic E-state index is 0. The molecule has 130 valence electrons. The Morgan fingerprint density at radius 2 is 1.67 bits per heavy atom. The fourth-order valence-corrected chi connectivity index (χ4v) is 4.07. The van der Waals surface area contributed by atoms with Crippen LogP contribution in [0.25, 0.3) is 11.1 Å². The molecule has 1 saturated heterocycles. The Labute approximate surface area is 157 Å². The summed E-state index contributed by atoms with van der Waals surface area (Å²) in [4.78, 5) is 2.64. The highest BCUT2D eigenvalue weighted by atomic mass is 35.5. The monoisotopic (exact) mass is 364 g/mol. The zero-order valence-corrected chi connectivity index (χ0v) is 15.8. The summed E-state index contributed by atoms with van der Waals surface area (Å²) in [6, 6.07) is 16.6. The van der Waals surface area contributed by atoms with Crippen LogP contribution in [0.1, 0.15) is 36.1 Å². The second kappa shape index (κ2) is 8.35. The van der Waals surface area contributed by atoms with Crippen molar-refractivity contribution in [3.05, 3.63) is 59.2 Å². The molecule has 0 spiro atoms. The van der Waals surface area contributed by atoms with Crippen molar-refractivity contribution in [2.75, 3.05) is 26.2 Å². The van der Waals surface area contributed by atoms with Crippen LogP contribution in [0, 0.1) is 0 Å². The number of rotatable bonds is 3. The third-order valence-corrected chi connectivity index (χ3v) is 5.18. The van der Waals surface area contributed by atoms with Gasteiger partial charge >= 0.3 is 0 Å². The number of halogens is 2. The average molecular weight is 365 g/mol. The van der Waals surface area contributed by atoms with Crippen LogP contribution in [-0.2, 0) is 6.42 Å². The Kier molecular flexibility index (Phi) is 6.70. The van der Waals surface area contributed by atoms with Crippen LogP contribution in [0.5, 0.6) is 0 Å². The predicted octanol–water partition coefficient (Wildman–Crippen LogP) is 4.46. The Morgan fingerprint density at radius 1 is 0.958 bits per heavy atom. The summed E-state index contributed by atoms with van der Waals surface area (Å²) in [5, 5.41) is 3.46. The van der Waals surface area contributed by atoms with Crippen LogP contribution in [-0.4, -0.2) is 31.1 Å². The number of nitrogens with zero attached hydrogens (tertiary/aromatic N) is 1. The number of hydrogen-bond acceptors (Lipinski definition) is 2. The normalized spacial score (nSPS) is 17.2. The van der Waals surface area contributed by atoms with Crippen molar-refractivity contribution in [1.29, 1.82) is 0 Å². The van der Waals surface area contributed by atoms with E-state index in [1.54, 1.807) is 0 Å². The highest BCUT2D eigenvalue weighted by Crippen LogP contribution is 2.38. The van der Waals surface area contributed by atoms with Crippen molar-refractivity contribution in [1.82, 2.24) is 10.2 Å². The summed E-state index contributed by atoms with van der Waals surface area (Å²) < 4.78 is 0. The van der Waals surface area contributed by atoms with Crippen molar-refractivity contribution in [2.45, 2.75) is 25.8 Å².